The Bertz CT molecular complexity index is 775. The number of benzene rings is 1. The van der Waals surface area contributed by atoms with Gasteiger partial charge in [0.2, 0.25) is 0 Å². The minimum atomic E-state index is 0.208. The number of nitrogens with one attached hydrogen (secondary N) is 1. The van der Waals surface area contributed by atoms with Crippen molar-refractivity contribution >= 4 is 10.9 Å². The molecule has 124 valence electrons. The predicted octanol–water partition coefficient (Wildman–Crippen LogP) is 4.22. The summed E-state index contributed by atoms with van der Waals surface area (Å²) < 4.78 is 0. The molecular weight excluding hydrogens is 284 g/mol. The van der Waals surface area contributed by atoms with Crippen LogP contribution < -0.4 is 5.43 Å². The van der Waals surface area contributed by atoms with Crippen LogP contribution in [-0.4, -0.2) is 22.5 Å². The van der Waals surface area contributed by atoms with Crippen molar-refractivity contribution in [3.05, 3.63) is 44.7 Å². The van der Waals surface area contributed by atoms with E-state index in [0.29, 0.717) is 6.04 Å². The number of pyridine rings is 1. The zero-order valence-corrected chi connectivity index (χ0v) is 14.8. The van der Waals surface area contributed by atoms with Gasteiger partial charge in [0, 0.05) is 29.2 Å². The average Bonchev–Trinajstić information content (AvgIpc) is 2.55. The Morgan fingerprint density at radius 1 is 1.22 bits per heavy atom. The van der Waals surface area contributed by atoms with E-state index in [4.69, 9.17) is 0 Å². The van der Waals surface area contributed by atoms with Crippen LogP contribution in [-0.2, 0) is 6.54 Å². The smallest absolute Gasteiger partial charge is 0.194 e. The third-order valence-corrected chi connectivity index (χ3v) is 5.60. The SMILES string of the molecule is CC[C@@H]1CCCCN1Cc1c(C)[nH]c2c(C)c(C)ccc2c1=O. The molecule has 2 heterocycles. The van der Waals surface area contributed by atoms with Crippen LogP contribution in [0.25, 0.3) is 10.9 Å². The van der Waals surface area contributed by atoms with Gasteiger partial charge in [0.25, 0.3) is 0 Å². The van der Waals surface area contributed by atoms with Crippen molar-refractivity contribution in [2.45, 2.75) is 66.0 Å². The third-order valence-electron chi connectivity index (χ3n) is 5.60. The highest BCUT2D eigenvalue weighted by Gasteiger charge is 2.23. The first-order valence-corrected chi connectivity index (χ1v) is 8.88. The number of hydrogen-bond acceptors (Lipinski definition) is 2. The van der Waals surface area contributed by atoms with Crippen molar-refractivity contribution in [3.8, 4) is 0 Å². The van der Waals surface area contributed by atoms with Crippen LogP contribution in [0.5, 0.6) is 0 Å². The maximum atomic E-state index is 13.0. The Labute approximate surface area is 138 Å². The van der Waals surface area contributed by atoms with Gasteiger partial charge in [-0.25, -0.2) is 0 Å². The Hall–Kier alpha value is -1.61. The van der Waals surface area contributed by atoms with E-state index in [1.54, 1.807) is 0 Å². The van der Waals surface area contributed by atoms with Crippen molar-refractivity contribution in [2.75, 3.05) is 6.54 Å². The molecule has 1 N–H and O–H groups in total. The minimum absolute atomic E-state index is 0.208. The number of aromatic amines is 1. The van der Waals surface area contributed by atoms with Gasteiger partial charge in [-0.15, -0.1) is 0 Å². The zero-order chi connectivity index (χ0) is 16.6. The van der Waals surface area contributed by atoms with Gasteiger partial charge in [-0.1, -0.05) is 19.4 Å². The van der Waals surface area contributed by atoms with E-state index in [2.05, 4.69) is 36.7 Å². The molecule has 3 nitrogen and oxygen atoms in total. The van der Waals surface area contributed by atoms with Gasteiger partial charge in [-0.3, -0.25) is 9.69 Å². The molecule has 0 radical (unpaired) electrons. The number of aryl methyl sites for hydroxylation is 3. The Balaban J connectivity index is 2.04. The van der Waals surface area contributed by atoms with Crippen LogP contribution in [0.4, 0.5) is 0 Å². The Morgan fingerprint density at radius 2 is 2.00 bits per heavy atom. The molecule has 3 heteroatoms. The van der Waals surface area contributed by atoms with Crippen LogP contribution in [0, 0.1) is 20.8 Å². The summed E-state index contributed by atoms with van der Waals surface area (Å²) in [7, 11) is 0. The fourth-order valence-corrected chi connectivity index (χ4v) is 3.89. The summed E-state index contributed by atoms with van der Waals surface area (Å²) in [5.74, 6) is 0. The fourth-order valence-electron chi connectivity index (χ4n) is 3.89. The van der Waals surface area contributed by atoms with Crippen molar-refractivity contribution in [2.24, 2.45) is 0 Å². The van der Waals surface area contributed by atoms with Crippen LogP contribution in [0.3, 0.4) is 0 Å². The number of fused-ring (bicyclic) bond motifs is 1. The molecule has 3 rings (SSSR count). The van der Waals surface area contributed by atoms with Gasteiger partial charge in [0.15, 0.2) is 5.43 Å². The number of rotatable bonds is 3. The molecule has 0 spiro atoms. The summed E-state index contributed by atoms with van der Waals surface area (Å²) in [6, 6.07) is 4.66. The van der Waals surface area contributed by atoms with Crippen molar-refractivity contribution in [3.63, 3.8) is 0 Å². The normalized spacial score (nSPS) is 19.4. The highest BCUT2D eigenvalue weighted by molar-refractivity contribution is 5.83. The number of H-pyrrole nitrogens is 1. The number of likely N-dealkylation sites (tertiary alicyclic amines) is 1. The first-order valence-electron chi connectivity index (χ1n) is 8.88. The lowest BCUT2D eigenvalue weighted by atomic mass is 9.98. The summed E-state index contributed by atoms with van der Waals surface area (Å²) in [5, 5.41) is 0.832. The quantitative estimate of drug-likeness (QED) is 0.921. The van der Waals surface area contributed by atoms with E-state index >= 15 is 0 Å². The second-order valence-corrected chi connectivity index (χ2v) is 7.02. The number of aromatic nitrogens is 1. The van der Waals surface area contributed by atoms with Crippen molar-refractivity contribution < 1.29 is 0 Å². The maximum absolute atomic E-state index is 13.0. The lowest BCUT2D eigenvalue weighted by molar-refractivity contribution is 0.135. The van der Waals surface area contributed by atoms with E-state index in [-0.39, 0.29) is 5.43 Å². The summed E-state index contributed by atoms with van der Waals surface area (Å²) in [4.78, 5) is 19.0. The first kappa shape index (κ1) is 16.3. The first-order chi connectivity index (χ1) is 11.0. The molecule has 1 atom stereocenters. The zero-order valence-electron chi connectivity index (χ0n) is 14.8. The van der Waals surface area contributed by atoms with E-state index in [0.717, 1.165) is 35.2 Å². The molecule has 1 saturated heterocycles. The number of hydrogen-bond donors (Lipinski definition) is 1. The van der Waals surface area contributed by atoms with Gasteiger partial charge in [-0.2, -0.15) is 0 Å². The van der Waals surface area contributed by atoms with E-state index in [1.165, 1.54) is 36.8 Å². The molecular formula is C20H28N2O. The maximum Gasteiger partial charge on any atom is 0.194 e. The minimum Gasteiger partial charge on any atom is -0.358 e. The molecule has 23 heavy (non-hydrogen) atoms. The third kappa shape index (κ3) is 2.94. The van der Waals surface area contributed by atoms with Gasteiger partial charge in [-0.05, 0) is 63.8 Å². The van der Waals surface area contributed by atoms with Crippen molar-refractivity contribution in [1.82, 2.24) is 9.88 Å². The molecule has 0 unspecified atom stereocenters. The van der Waals surface area contributed by atoms with E-state index < -0.39 is 0 Å². The highest BCUT2D eigenvalue weighted by Crippen LogP contribution is 2.23. The monoisotopic (exact) mass is 312 g/mol. The average molecular weight is 312 g/mol. The lowest BCUT2D eigenvalue weighted by Crippen LogP contribution is -2.39. The summed E-state index contributed by atoms with van der Waals surface area (Å²) in [5.41, 5.74) is 5.58. The molecule has 1 aromatic carbocycles. The van der Waals surface area contributed by atoms with Crippen LogP contribution >= 0.6 is 0 Å². The number of piperidine rings is 1. The predicted molar refractivity (Wildman–Crippen MR) is 97.1 cm³/mol. The molecule has 0 aliphatic carbocycles. The lowest BCUT2D eigenvalue weighted by Gasteiger charge is -2.35. The summed E-state index contributed by atoms with van der Waals surface area (Å²) >= 11 is 0. The van der Waals surface area contributed by atoms with Gasteiger partial charge in [0.1, 0.15) is 0 Å². The van der Waals surface area contributed by atoms with Crippen molar-refractivity contribution in [1.29, 1.82) is 0 Å². The second-order valence-electron chi connectivity index (χ2n) is 7.02. The van der Waals surface area contributed by atoms with Gasteiger partial charge in [0.05, 0.1) is 5.52 Å². The Morgan fingerprint density at radius 3 is 2.74 bits per heavy atom. The fraction of sp³-hybridized carbons (Fsp3) is 0.550. The summed E-state index contributed by atoms with van der Waals surface area (Å²) in [6.45, 7) is 10.4. The molecule has 0 saturated carbocycles. The summed E-state index contributed by atoms with van der Waals surface area (Å²) in [6.07, 6.45) is 5.00. The van der Waals surface area contributed by atoms with Crippen LogP contribution in [0.15, 0.2) is 16.9 Å². The van der Waals surface area contributed by atoms with E-state index in [9.17, 15) is 4.79 Å². The topological polar surface area (TPSA) is 36.1 Å². The second kappa shape index (κ2) is 6.48. The molecule has 1 aromatic heterocycles. The molecule has 2 aromatic rings. The standard InChI is InChI=1S/C20H28N2O/c1-5-16-8-6-7-11-22(16)12-18-15(4)21-19-14(3)13(2)9-10-17(19)20(18)23/h9-10,16H,5-8,11-12H2,1-4H3,(H,21,23)/t16-/m1/s1. The molecule has 1 fully saturated rings. The molecule has 0 amide bonds. The molecule has 1 aliphatic heterocycles. The van der Waals surface area contributed by atoms with Crippen LogP contribution in [0.2, 0.25) is 0 Å². The number of nitrogens with zero attached hydrogens (tertiary/aromatic N) is 1. The van der Waals surface area contributed by atoms with Gasteiger partial charge >= 0.3 is 0 Å². The van der Waals surface area contributed by atoms with Crippen LogP contribution in [0.1, 0.15) is 55.0 Å². The largest absolute Gasteiger partial charge is 0.358 e. The molecule has 1 aliphatic rings. The Kier molecular flexibility index (Phi) is 4.58. The molecule has 0 bridgehead atoms. The highest BCUT2D eigenvalue weighted by atomic mass is 16.1. The van der Waals surface area contributed by atoms with E-state index in [1.807, 2.05) is 13.0 Å². The van der Waals surface area contributed by atoms with Gasteiger partial charge < -0.3 is 4.98 Å².